The fourth-order valence-electron chi connectivity index (χ4n) is 4.87. The number of aromatic nitrogens is 1. The van der Waals surface area contributed by atoms with E-state index in [1.807, 2.05) is 0 Å². The number of fused-ring (bicyclic) bond motifs is 2. The fraction of sp³-hybridized carbons (Fsp3) is 0.370. The number of H-pyrrole nitrogens is 1. The number of pyridine rings is 1. The van der Waals surface area contributed by atoms with E-state index in [0.717, 1.165) is 25.7 Å². The van der Waals surface area contributed by atoms with Crippen molar-refractivity contribution in [3.8, 4) is 5.75 Å². The molecule has 8 nitrogen and oxygen atoms in total. The zero-order valence-corrected chi connectivity index (χ0v) is 19.9. The van der Waals surface area contributed by atoms with Crippen molar-refractivity contribution in [3.63, 3.8) is 0 Å². The van der Waals surface area contributed by atoms with Crippen LogP contribution in [0, 0.1) is 0 Å². The molecule has 0 saturated heterocycles. The molecule has 0 aliphatic heterocycles. The molecule has 0 bridgehead atoms. The molecule has 1 aliphatic rings. The van der Waals surface area contributed by atoms with Gasteiger partial charge in [-0.25, -0.2) is 0 Å². The second-order valence-corrected chi connectivity index (χ2v) is 8.93. The second kappa shape index (κ2) is 10.4. The molecule has 0 radical (unpaired) electrons. The van der Waals surface area contributed by atoms with Crippen molar-refractivity contribution in [2.24, 2.45) is 0 Å². The van der Waals surface area contributed by atoms with Crippen molar-refractivity contribution >= 4 is 22.8 Å². The van der Waals surface area contributed by atoms with Crippen molar-refractivity contribution in [1.29, 1.82) is 0 Å². The van der Waals surface area contributed by atoms with Gasteiger partial charge in [0.25, 0.3) is 0 Å². The van der Waals surface area contributed by atoms with E-state index in [9.17, 15) is 19.5 Å². The molecular weight excluding hydrogens is 448 g/mol. The summed E-state index contributed by atoms with van der Waals surface area (Å²) in [6.45, 7) is 4.67. The number of ether oxygens (including phenoxy) is 1. The van der Waals surface area contributed by atoms with Crippen LogP contribution in [0.5, 0.6) is 5.75 Å². The molecule has 0 fully saturated rings. The number of carbonyl (C=O) groups excluding carboxylic acids is 1. The maximum atomic E-state index is 11.9. The lowest BCUT2D eigenvalue weighted by Gasteiger charge is -2.19. The SMILES string of the molecule is CCc1cc2c(cc1CC)CC(NCC(O)c1ccc(OC(=O)CC(=O)O)c3[nH]c(=O)ccc13)C2. The molecule has 1 aromatic heterocycles. The number of aliphatic hydroxyl groups is 1. The molecule has 4 N–H and O–H groups in total. The van der Waals surface area contributed by atoms with Crippen molar-refractivity contribution in [2.75, 3.05) is 6.54 Å². The maximum Gasteiger partial charge on any atom is 0.322 e. The van der Waals surface area contributed by atoms with E-state index < -0.39 is 30.0 Å². The van der Waals surface area contributed by atoms with E-state index in [1.165, 1.54) is 34.4 Å². The van der Waals surface area contributed by atoms with Crippen LogP contribution in [0.4, 0.5) is 0 Å². The number of aryl methyl sites for hydroxylation is 2. The molecule has 8 heteroatoms. The Morgan fingerprint density at radius 2 is 1.74 bits per heavy atom. The molecule has 1 unspecified atom stereocenters. The lowest BCUT2D eigenvalue weighted by molar-refractivity contribution is -0.145. The molecule has 4 rings (SSSR count). The summed E-state index contributed by atoms with van der Waals surface area (Å²) >= 11 is 0. The van der Waals surface area contributed by atoms with Gasteiger partial charge in [0.1, 0.15) is 6.42 Å². The van der Waals surface area contributed by atoms with E-state index >= 15 is 0 Å². The number of nitrogens with one attached hydrogen (secondary N) is 2. The number of hydrogen-bond donors (Lipinski definition) is 4. The van der Waals surface area contributed by atoms with Crippen molar-refractivity contribution < 1.29 is 24.5 Å². The summed E-state index contributed by atoms with van der Waals surface area (Å²) < 4.78 is 5.16. The summed E-state index contributed by atoms with van der Waals surface area (Å²) in [5, 5.41) is 23.8. The Bertz CT molecular complexity index is 1300. The van der Waals surface area contributed by atoms with Crippen LogP contribution >= 0.6 is 0 Å². The molecule has 0 spiro atoms. The standard InChI is InChI=1S/C27H30N2O6/c1-3-15-9-17-11-19(12-18(17)10-16(15)4-2)28-14-22(30)20-5-7-23(35-26(34)13-25(32)33)27-21(20)6-8-24(31)29-27/h5-10,19,22,28,30H,3-4,11-14H2,1-2H3,(H,29,31)(H,32,33). The van der Waals surface area contributed by atoms with Gasteiger partial charge in [-0.2, -0.15) is 0 Å². The van der Waals surface area contributed by atoms with Gasteiger partial charge in [-0.1, -0.05) is 32.0 Å². The first kappa shape index (κ1) is 24.6. The molecule has 184 valence electrons. The van der Waals surface area contributed by atoms with E-state index in [1.54, 1.807) is 12.1 Å². The zero-order valence-electron chi connectivity index (χ0n) is 19.9. The Balaban J connectivity index is 1.50. The van der Waals surface area contributed by atoms with Gasteiger partial charge >= 0.3 is 11.9 Å². The molecule has 0 saturated carbocycles. The van der Waals surface area contributed by atoms with Gasteiger partial charge in [-0.05, 0) is 65.6 Å². The molecule has 2 aromatic carbocycles. The van der Waals surface area contributed by atoms with Crippen LogP contribution in [-0.4, -0.2) is 39.7 Å². The Kier molecular flexibility index (Phi) is 7.33. The van der Waals surface area contributed by atoms with Gasteiger partial charge in [0.15, 0.2) is 5.75 Å². The normalized spacial score (nSPS) is 14.1. The van der Waals surface area contributed by atoms with Gasteiger partial charge in [0, 0.05) is 24.0 Å². The second-order valence-electron chi connectivity index (χ2n) is 8.93. The number of aromatic amines is 1. The Morgan fingerprint density at radius 1 is 1.09 bits per heavy atom. The van der Waals surface area contributed by atoms with Gasteiger partial charge in [0.05, 0.1) is 11.6 Å². The van der Waals surface area contributed by atoms with Crippen LogP contribution in [-0.2, 0) is 35.3 Å². The molecule has 0 amide bonds. The van der Waals surface area contributed by atoms with E-state index in [-0.39, 0.29) is 17.3 Å². The average molecular weight is 479 g/mol. The first-order chi connectivity index (χ1) is 16.8. The number of carboxylic acids is 1. The first-order valence-electron chi connectivity index (χ1n) is 11.9. The minimum Gasteiger partial charge on any atom is -0.481 e. The highest BCUT2D eigenvalue weighted by Gasteiger charge is 2.24. The van der Waals surface area contributed by atoms with Crippen LogP contribution in [0.2, 0.25) is 0 Å². The Morgan fingerprint density at radius 3 is 2.34 bits per heavy atom. The van der Waals surface area contributed by atoms with Crippen LogP contribution < -0.4 is 15.6 Å². The van der Waals surface area contributed by atoms with E-state index in [4.69, 9.17) is 9.84 Å². The highest BCUT2D eigenvalue weighted by molar-refractivity contribution is 5.94. The molecule has 1 atom stereocenters. The van der Waals surface area contributed by atoms with Gasteiger partial charge < -0.3 is 25.3 Å². The zero-order chi connectivity index (χ0) is 25.1. The number of benzene rings is 2. The number of carboxylic acid groups (broad SMARTS) is 1. The summed E-state index contributed by atoms with van der Waals surface area (Å²) in [7, 11) is 0. The summed E-state index contributed by atoms with van der Waals surface area (Å²) in [6, 6.07) is 10.8. The predicted molar refractivity (Wildman–Crippen MR) is 132 cm³/mol. The third-order valence-electron chi connectivity index (χ3n) is 6.59. The number of hydrogen-bond acceptors (Lipinski definition) is 6. The topological polar surface area (TPSA) is 129 Å². The quantitative estimate of drug-likeness (QED) is 0.211. The van der Waals surface area contributed by atoms with Gasteiger partial charge in [-0.15, -0.1) is 0 Å². The highest BCUT2D eigenvalue weighted by Crippen LogP contribution is 2.31. The summed E-state index contributed by atoms with van der Waals surface area (Å²) in [5.41, 5.74) is 5.93. The molecule has 1 heterocycles. The molecule has 35 heavy (non-hydrogen) atoms. The largest absolute Gasteiger partial charge is 0.481 e. The fourth-order valence-corrected chi connectivity index (χ4v) is 4.87. The first-order valence-corrected chi connectivity index (χ1v) is 11.9. The summed E-state index contributed by atoms with van der Waals surface area (Å²) in [6.07, 6.45) is 2.19. The molecule has 1 aliphatic carbocycles. The number of rotatable bonds is 9. The third-order valence-corrected chi connectivity index (χ3v) is 6.59. The minimum atomic E-state index is -1.31. The van der Waals surface area contributed by atoms with Gasteiger partial charge in [0.2, 0.25) is 5.56 Å². The lowest BCUT2D eigenvalue weighted by Crippen LogP contribution is -2.33. The van der Waals surface area contributed by atoms with Crippen LogP contribution in [0.3, 0.4) is 0 Å². The average Bonchev–Trinajstić information content (AvgIpc) is 3.23. The van der Waals surface area contributed by atoms with E-state index in [2.05, 4.69) is 36.3 Å². The van der Waals surface area contributed by atoms with Crippen LogP contribution in [0.1, 0.15) is 54.2 Å². The third kappa shape index (κ3) is 5.44. The Hall–Kier alpha value is -3.49. The number of carbonyl (C=O) groups is 2. The number of esters is 1. The van der Waals surface area contributed by atoms with Crippen molar-refractivity contribution in [1.82, 2.24) is 10.3 Å². The summed E-state index contributed by atoms with van der Waals surface area (Å²) in [5.74, 6) is -2.22. The van der Waals surface area contributed by atoms with Gasteiger partial charge in [-0.3, -0.25) is 14.4 Å². The maximum absolute atomic E-state index is 11.9. The van der Waals surface area contributed by atoms with E-state index in [0.29, 0.717) is 17.5 Å². The van der Waals surface area contributed by atoms with Crippen molar-refractivity contribution in [2.45, 2.75) is 58.1 Å². The number of aliphatic hydroxyl groups excluding tert-OH is 1. The minimum absolute atomic E-state index is 0.0394. The summed E-state index contributed by atoms with van der Waals surface area (Å²) in [4.78, 5) is 37.2. The highest BCUT2D eigenvalue weighted by atomic mass is 16.5. The Labute approximate surface area is 202 Å². The smallest absolute Gasteiger partial charge is 0.322 e. The van der Waals surface area contributed by atoms with Crippen LogP contribution in [0.25, 0.3) is 10.9 Å². The van der Waals surface area contributed by atoms with Crippen molar-refractivity contribution in [3.05, 3.63) is 74.6 Å². The van der Waals surface area contributed by atoms with Crippen LogP contribution in [0.15, 0.2) is 41.2 Å². The lowest BCUT2D eigenvalue weighted by atomic mass is 9.97. The molecular formula is C27H30N2O6. The molecule has 3 aromatic rings. The predicted octanol–water partition coefficient (Wildman–Crippen LogP) is 2.82. The monoisotopic (exact) mass is 478 g/mol. The number of aliphatic carboxylic acids is 1.